The second-order valence-electron chi connectivity index (χ2n) is 11.0. The molecule has 6 heteroatoms. The van der Waals surface area contributed by atoms with Crippen molar-refractivity contribution >= 4 is 11.9 Å². The number of hydrogen-bond donors (Lipinski definition) is 1. The van der Waals surface area contributed by atoms with Crippen molar-refractivity contribution in [1.82, 2.24) is 4.90 Å². The Morgan fingerprint density at radius 3 is 2.38 bits per heavy atom. The molecule has 0 bridgehead atoms. The van der Waals surface area contributed by atoms with Gasteiger partial charge in [-0.15, -0.1) is 0 Å². The lowest BCUT2D eigenvalue weighted by molar-refractivity contribution is -0.137. The summed E-state index contributed by atoms with van der Waals surface area (Å²) < 4.78 is 12.0. The van der Waals surface area contributed by atoms with Crippen LogP contribution in [0.3, 0.4) is 0 Å². The summed E-state index contributed by atoms with van der Waals surface area (Å²) in [5.74, 6) is 0.0330. The number of carbonyl (C=O) groups is 2. The normalized spacial score (nSPS) is 16.5. The summed E-state index contributed by atoms with van der Waals surface area (Å²) in [6.07, 6.45) is 1.41. The predicted octanol–water partition coefficient (Wildman–Crippen LogP) is 5.53. The zero-order valence-electron chi connectivity index (χ0n) is 22.0. The lowest BCUT2D eigenvalue weighted by Gasteiger charge is -2.25. The highest BCUT2D eigenvalue weighted by Crippen LogP contribution is 2.38. The number of ether oxygens (including phenoxy) is 2. The molecule has 0 radical (unpaired) electrons. The van der Waals surface area contributed by atoms with E-state index in [1.54, 1.807) is 6.07 Å². The van der Waals surface area contributed by atoms with Crippen LogP contribution in [0.25, 0.3) is 0 Å². The molecule has 0 saturated heterocycles. The molecule has 37 heavy (non-hydrogen) atoms. The van der Waals surface area contributed by atoms with Crippen LogP contribution in [0.1, 0.15) is 54.7 Å². The number of benzene rings is 3. The van der Waals surface area contributed by atoms with Gasteiger partial charge >= 0.3 is 5.97 Å². The summed E-state index contributed by atoms with van der Waals surface area (Å²) in [6.45, 7) is 8.65. The molecule has 0 aromatic heterocycles. The molecule has 1 aliphatic heterocycles. The zero-order valence-corrected chi connectivity index (χ0v) is 22.0. The Hall–Kier alpha value is -3.80. The lowest BCUT2D eigenvalue weighted by atomic mass is 9.85. The molecule has 4 rings (SSSR count). The minimum Gasteiger partial charge on any atom is -0.492 e. The van der Waals surface area contributed by atoms with Gasteiger partial charge in [0.2, 0.25) is 0 Å². The molecule has 0 fully saturated rings. The monoisotopic (exact) mass is 501 g/mol. The van der Waals surface area contributed by atoms with Gasteiger partial charge in [0, 0.05) is 18.4 Å². The van der Waals surface area contributed by atoms with Crippen LogP contribution < -0.4 is 9.47 Å². The van der Waals surface area contributed by atoms with Gasteiger partial charge in [0.05, 0.1) is 6.54 Å². The molecule has 1 atom stereocenters. The summed E-state index contributed by atoms with van der Waals surface area (Å²) in [7, 11) is 0. The Morgan fingerprint density at radius 2 is 1.73 bits per heavy atom. The number of fused-ring (bicyclic) bond motifs is 1. The highest BCUT2D eigenvalue weighted by atomic mass is 16.5. The summed E-state index contributed by atoms with van der Waals surface area (Å²) in [6, 6.07) is 23.3. The van der Waals surface area contributed by atoms with E-state index in [9.17, 15) is 14.7 Å². The van der Waals surface area contributed by atoms with Crippen molar-refractivity contribution in [1.29, 1.82) is 0 Å². The van der Waals surface area contributed by atoms with E-state index in [4.69, 9.17) is 9.47 Å². The number of carboxylic acids is 1. The third-order valence-electron chi connectivity index (χ3n) is 6.61. The summed E-state index contributed by atoms with van der Waals surface area (Å²) >= 11 is 0. The molecule has 6 nitrogen and oxygen atoms in total. The van der Waals surface area contributed by atoms with Crippen molar-refractivity contribution < 1.29 is 24.2 Å². The van der Waals surface area contributed by atoms with Crippen LogP contribution >= 0.6 is 0 Å². The van der Waals surface area contributed by atoms with Crippen molar-refractivity contribution in [3.63, 3.8) is 0 Å². The molecule has 3 aromatic carbocycles. The van der Waals surface area contributed by atoms with Gasteiger partial charge < -0.3 is 19.5 Å². The van der Waals surface area contributed by atoms with Crippen molar-refractivity contribution in [2.45, 2.75) is 51.6 Å². The second-order valence-corrected chi connectivity index (χ2v) is 11.0. The van der Waals surface area contributed by atoms with Gasteiger partial charge in [-0.2, -0.15) is 0 Å². The Balaban J connectivity index is 1.43. The van der Waals surface area contributed by atoms with Crippen molar-refractivity contribution in [2.75, 3.05) is 19.7 Å². The molecule has 0 saturated carbocycles. The molecule has 1 heterocycles. The van der Waals surface area contributed by atoms with Gasteiger partial charge in [-0.1, -0.05) is 63.2 Å². The molecule has 0 aliphatic carbocycles. The summed E-state index contributed by atoms with van der Waals surface area (Å²) in [5.41, 5.74) is 3.58. The summed E-state index contributed by atoms with van der Waals surface area (Å²) in [4.78, 5) is 26.0. The van der Waals surface area contributed by atoms with Crippen LogP contribution in [0.15, 0.2) is 72.8 Å². The first-order valence-electron chi connectivity index (χ1n) is 12.6. The maximum Gasteiger partial charge on any atom is 0.323 e. The Morgan fingerprint density at radius 1 is 1.03 bits per heavy atom. The average molecular weight is 502 g/mol. The van der Waals surface area contributed by atoms with Crippen molar-refractivity contribution in [3.8, 4) is 11.5 Å². The largest absolute Gasteiger partial charge is 0.492 e. The molecule has 3 aromatic rings. The quantitative estimate of drug-likeness (QED) is 0.417. The first-order valence-corrected chi connectivity index (χ1v) is 12.6. The van der Waals surface area contributed by atoms with E-state index in [0.29, 0.717) is 17.7 Å². The minimum atomic E-state index is -1.07. The Labute approximate surface area is 218 Å². The Kier molecular flexibility index (Phi) is 7.58. The fourth-order valence-corrected chi connectivity index (χ4v) is 4.70. The van der Waals surface area contributed by atoms with Crippen LogP contribution in [0, 0.1) is 0 Å². The van der Waals surface area contributed by atoms with Gasteiger partial charge in [-0.25, -0.2) is 0 Å². The van der Waals surface area contributed by atoms with Gasteiger partial charge in [0.25, 0.3) is 5.91 Å². The van der Waals surface area contributed by atoms with E-state index in [0.717, 1.165) is 17.7 Å². The second kappa shape index (κ2) is 10.7. The first kappa shape index (κ1) is 26.3. The van der Waals surface area contributed by atoms with Crippen LogP contribution in [0.5, 0.6) is 11.5 Å². The topological polar surface area (TPSA) is 76.1 Å². The van der Waals surface area contributed by atoms with Gasteiger partial charge in [0.15, 0.2) is 0 Å². The van der Waals surface area contributed by atoms with Crippen molar-refractivity contribution in [2.24, 2.45) is 0 Å². The number of amides is 1. The van der Waals surface area contributed by atoms with Gasteiger partial charge in [0.1, 0.15) is 30.3 Å². The number of aliphatic carboxylic acids is 1. The average Bonchev–Trinajstić information content (AvgIpc) is 3.18. The number of carbonyl (C=O) groups excluding carboxylic acids is 1. The standard InChI is InChI=1S/C31H35NO5/c1-30(2,3)25-13-10-22(11-14-25)19-31(4)20-24-18-23(12-15-27(24)37-31)29(35)32(21-28(33)34)16-17-36-26-8-6-5-7-9-26/h5-15,18H,16-17,19-21H2,1-4H3,(H,33,34)/t31-/m0/s1. The number of para-hydroxylation sites is 1. The third-order valence-corrected chi connectivity index (χ3v) is 6.61. The molecule has 1 aliphatic rings. The number of nitrogens with zero attached hydrogens (tertiary/aromatic N) is 1. The van der Waals surface area contributed by atoms with E-state index in [1.807, 2.05) is 42.5 Å². The molecule has 0 spiro atoms. The zero-order chi connectivity index (χ0) is 26.6. The number of carboxylic acid groups (broad SMARTS) is 1. The maximum absolute atomic E-state index is 13.3. The van der Waals surface area contributed by atoms with Crippen LogP contribution in [-0.4, -0.2) is 47.2 Å². The number of hydrogen-bond acceptors (Lipinski definition) is 4. The first-order chi connectivity index (χ1) is 17.5. The van der Waals surface area contributed by atoms with E-state index >= 15 is 0 Å². The fraction of sp³-hybridized carbons (Fsp3) is 0.355. The molecule has 1 N–H and O–H groups in total. The third kappa shape index (κ3) is 6.70. The smallest absolute Gasteiger partial charge is 0.323 e. The van der Waals surface area contributed by atoms with Crippen LogP contribution in [0.4, 0.5) is 0 Å². The molecule has 1 amide bonds. The van der Waals surface area contributed by atoms with Crippen molar-refractivity contribution in [3.05, 3.63) is 95.1 Å². The summed E-state index contributed by atoms with van der Waals surface area (Å²) in [5, 5.41) is 9.37. The SMILES string of the molecule is CC(C)(C)c1ccc(C[C@@]2(C)Cc3cc(C(=O)N(CCOc4ccccc4)CC(=O)O)ccc3O2)cc1. The lowest BCUT2D eigenvalue weighted by Crippen LogP contribution is -2.38. The van der Waals surface area contributed by atoms with Crippen LogP contribution in [-0.2, 0) is 23.1 Å². The fourth-order valence-electron chi connectivity index (χ4n) is 4.70. The predicted molar refractivity (Wildman–Crippen MR) is 144 cm³/mol. The van der Waals surface area contributed by atoms with Gasteiger partial charge in [-0.3, -0.25) is 9.59 Å². The maximum atomic E-state index is 13.3. The molecule has 0 unspecified atom stereocenters. The van der Waals surface area contributed by atoms with Gasteiger partial charge in [-0.05, 0) is 59.4 Å². The van der Waals surface area contributed by atoms with E-state index in [2.05, 4.69) is 52.0 Å². The number of rotatable bonds is 9. The molecule has 194 valence electrons. The molecular weight excluding hydrogens is 466 g/mol. The highest BCUT2D eigenvalue weighted by Gasteiger charge is 2.35. The molecular formula is C31H35NO5. The van der Waals surface area contributed by atoms with Crippen LogP contribution in [0.2, 0.25) is 0 Å². The van der Waals surface area contributed by atoms with E-state index in [1.165, 1.54) is 16.0 Å². The highest BCUT2D eigenvalue weighted by molar-refractivity contribution is 5.96. The Bertz CT molecular complexity index is 1250. The van der Waals surface area contributed by atoms with E-state index in [-0.39, 0.29) is 24.5 Å². The van der Waals surface area contributed by atoms with E-state index < -0.39 is 18.1 Å². The minimum absolute atomic E-state index is 0.105.